The van der Waals surface area contributed by atoms with E-state index in [2.05, 4.69) is 20.4 Å². The summed E-state index contributed by atoms with van der Waals surface area (Å²) >= 11 is 6.89. The highest BCUT2D eigenvalue weighted by molar-refractivity contribution is 8.15. The van der Waals surface area contributed by atoms with E-state index in [4.69, 9.17) is 16.3 Å². The van der Waals surface area contributed by atoms with Crippen LogP contribution >= 0.6 is 23.4 Å². The molecule has 0 aromatic heterocycles. The van der Waals surface area contributed by atoms with Gasteiger partial charge < -0.3 is 20.1 Å². The van der Waals surface area contributed by atoms with Gasteiger partial charge in [-0.1, -0.05) is 35.5 Å². The third kappa shape index (κ3) is 9.28. The van der Waals surface area contributed by atoms with Crippen LogP contribution in [0.15, 0.2) is 71.7 Å². The van der Waals surface area contributed by atoms with Crippen molar-refractivity contribution in [2.75, 3.05) is 22.6 Å². The van der Waals surface area contributed by atoms with Crippen molar-refractivity contribution < 1.29 is 50.2 Å². The van der Waals surface area contributed by atoms with Crippen LogP contribution in [0.25, 0.3) is 0 Å². The maximum absolute atomic E-state index is 12.7. The first-order valence-corrected chi connectivity index (χ1v) is 13.6. The molecule has 1 saturated heterocycles. The highest BCUT2D eigenvalue weighted by Crippen LogP contribution is 2.37. The second-order valence-electron chi connectivity index (χ2n) is 8.81. The summed E-state index contributed by atoms with van der Waals surface area (Å²) in [5.41, 5.74) is 0.916. The Bertz CT molecular complexity index is 1570. The van der Waals surface area contributed by atoms with Crippen molar-refractivity contribution in [2.24, 2.45) is 4.99 Å². The molecule has 4 amide bonds. The number of aliphatic imine (C=N–C) groups is 1. The summed E-state index contributed by atoms with van der Waals surface area (Å²) in [7, 11) is 0. The van der Waals surface area contributed by atoms with Crippen LogP contribution in [-0.4, -0.2) is 47.9 Å². The molecule has 0 aliphatic carbocycles. The predicted octanol–water partition coefficient (Wildman–Crippen LogP) is 6.78. The average molecular weight is 661 g/mol. The Morgan fingerprint density at radius 1 is 0.977 bits per heavy atom. The van der Waals surface area contributed by atoms with Gasteiger partial charge >= 0.3 is 18.6 Å². The highest BCUT2D eigenvalue weighted by atomic mass is 35.5. The number of hydrogen-bond acceptors (Lipinski definition) is 6. The van der Waals surface area contributed by atoms with Gasteiger partial charge in [0.25, 0.3) is 5.91 Å². The Kier molecular flexibility index (Phi) is 9.94. The smallest absolute Gasteiger partial charge is 0.482 e. The van der Waals surface area contributed by atoms with E-state index in [1.54, 1.807) is 12.1 Å². The Hall–Kier alpha value is -4.44. The topological polar surface area (TPSA) is 109 Å². The van der Waals surface area contributed by atoms with Gasteiger partial charge in [0.05, 0.1) is 11.4 Å². The molecular formula is C27H19ClF6N4O5S. The number of urea groups is 1. The predicted molar refractivity (Wildman–Crippen MR) is 150 cm³/mol. The molecule has 17 heteroatoms. The summed E-state index contributed by atoms with van der Waals surface area (Å²) in [6.07, 6.45) is -9.49. The molecule has 1 fully saturated rings. The first kappa shape index (κ1) is 32.5. The Morgan fingerprint density at radius 3 is 2.30 bits per heavy atom. The molecule has 1 aliphatic heterocycles. The first-order valence-electron chi connectivity index (χ1n) is 12.2. The lowest BCUT2D eigenvalue weighted by Crippen LogP contribution is -2.31. The third-order valence-electron chi connectivity index (χ3n) is 5.52. The van der Waals surface area contributed by atoms with E-state index in [9.17, 15) is 40.7 Å². The number of hydrogen-bond donors (Lipinski definition) is 2. The van der Waals surface area contributed by atoms with Crippen LogP contribution in [0.1, 0.15) is 15.9 Å². The first-order chi connectivity index (χ1) is 20.7. The summed E-state index contributed by atoms with van der Waals surface area (Å²) in [6, 6.07) is 13.4. The molecule has 2 N–H and O–H groups in total. The van der Waals surface area contributed by atoms with Gasteiger partial charge in [0.2, 0.25) is 5.91 Å². The number of ether oxygens (including phenoxy) is 2. The zero-order valence-electron chi connectivity index (χ0n) is 22.0. The normalized spacial score (nSPS) is 14.5. The number of nitrogens with one attached hydrogen (secondary N) is 2. The number of amides is 4. The van der Waals surface area contributed by atoms with Gasteiger partial charge in [0.1, 0.15) is 11.5 Å². The number of benzene rings is 3. The standard InChI is InChI=1S/C27H19ClF6N4O5S/c28-17-5-10-21(42-14-26(29,30)31)20(11-17)38-22(39)13-44-25(38)37-24(41)36-18-6-1-15(2-7-18)12-35-23(40)16-3-8-19(9-4-16)43-27(32,33)34/h1-11H,12-14H2,(H,35,40)(H,36,41). The minimum absolute atomic E-state index is 0.0578. The van der Waals surface area contributed by atoms with Gasteiger partial charge in [-0.25, -0.2) is 4.79 Å². The van der Waals surface area contributed by atoms with Crippen LogP contribution in [-0.2, 0) is 11.3 Å². The number of amidine groups is 1. The summed E-state index contributed by atoms with van der Waals surface area (Å²) in [5.74, 6) is -1.99. The van der Waals surface area contributed by atoms with E-state index < -0.39 is 42.7 Å². The fraction of sp³-hybridized carbons (Fsp3) is 0.185. The van der Waals surface area contributed by atoms with Crippen LogP contribution in [0.3, 0.4) is 0 Å². The third-order valence-corrected chi connectivity index (χ3v) is 6.68. The van der Waals surface area contributed by atoms with Crippen LogP contribution < -0.4 is 25.0 Å². The Morgan fingerprint density at radius 2 is 1.66 bits per heavy atom. The number of carbonyl (C=O) groups excluding carboxylic acids is 3. The molecule has 0 saturated carbocycles. The fourth-order valence-corrected chi connectivity index (χ4v) is 4.69. The largest absolute Gasteiger partial charge is 0.573 e. The molecule has 4 rings (SSSR count). The van der Waals surface area contributed by atoms with Crippen LogP contribution in [0, 0.1) is 0 Å². The second-order valence-corrected chi connectivity index (χ2v) is 10.2. The number of anilines is 2. The van der Waals surface area contributed by atoms with E-state index in [0.717, 1.165) is 28.8 Å². The number of thioether (sulfide) groups is 1. The van der Waals surface area contributed by atoms with Crippen LogP contribution in [0.5, 0.6) is 11.5 Å². The quantitative estimate of drug-likeness (QED) is 0.258. The number of carbonyl (C=O) groups is 3. The molecule has 44 heavy (non-hydrogen) atoms. The zero-order chi connectivity index (χ0) is 32.1. The van der Waals surface area contributed by atoms with Gasteiger partial charge in [-0.2, -0.15) is 18.2 Å². The Labute approximate surface area is 254 Å². The minimum atomic E-state index is -4.85. The van der Waals surface area contributed by atoms with Crippen molar-refractivity contribution >= 4 is 57.8 Å². The number of alkyl halides is 6. The number of halogens is 7. The molecule has 0 atom stereocenters. The summed E-state index contributed by atoms with van der Waals surface area (Å²) < 4.78 is 83.7. The van der Waals surface area contributed by atoms with Crippen molar-refractivity contribution in [3.05, 3.63) is 82.9 Å². The molecule has 0 radical (unpaired) electrons. The van der Waals surface area contributed by atoms with Gasteiger partial charge in [0.15, 0.2) is 11.8 Å². The molecule has 0 unspecified atom stereocenters. The zero-order valence-corrected chi connectivity index (χ0v) is 23.5. The second kappa shape index (κ2) is 13.5. The molecular weight excluding hydrogens is 642 g/mol. The molecule has 0 spiro atoms. The molecule has 3 aromatic carbocycles. The summed E-state index contributed by atoms with van der Waals surface area (Å²) in [6.45, 7) is -1.56. The van der Waals surface area contributed by atoms with E-state index in [1.165, 1.54) is 42.5 Å². The molecule has 0 bridgehead atoms. The molecule has 1 aliphatic rings. The molecule has 1 heterocycles. The lowest BCUT2D eigenvalue weighted by molar-refractivity contribution is -0.274. The monoisotopic (exact) mass is 660 g/mol. The van der Waals surface area contributed by atoms with Crippen molar-refractivity contribution in [3.8, 4) is 11.5 Å². The van der Waals surface area contributed by atoms with Gasteiger partial charge in [0, 0.05) is 22.8 Å². The van der Waals surface area contributed by atoms with Crippen LogP contribution in [0.4, 0.5) is 42.5 Å². The van der Waals surface area contributed by atoms with Crippen molar-refractivity contribution in [1.29, 1.82) is 0 Å². The van der Waals surface area contributed by atoms with Crippen molar-refractivity contribution in [3.63, 3.8) is 0 Å². The van der Waals surface area contributed by atoms with Crippen LogP contribution in [0.2, 0.25) is 5.02 Å². The average Bonchev–Trinajstić information content (AvgIpc) is 3.29. The van der Waals surface area contributed by atoms with Gasteiger partial charge in [-0.05, 0) is 60.2 Å². The lowest BCUT2D eigenvalue weighted by Gasteiger charge is -2.20. The summed E-state index contributed by atoms with van der Waals surface area (Å²) in [5, 5.41) is 5.11. The molecule has 9 nitrogen and oxygen atoms in total. The van der Waals surface area contributed by atoms with Gasteiger partial charge in [-0.3, -0.25) is 14.5 Å². The fourth-order valence-electron chi connectivity index (χ4n) is 3.67. The molecule has 232 valence electrons. The lowest BCUT2D eigenvalue weighted by atomic mass is 10.1. The van der Waals surface area contributed by atoms with E-state index in [0.29, 0.717) is 11.3 Å². The van der Waals surface area contributed by atoms with Crippen molar-refractivity contribution in [2.45, 2.75) is 19.1 Å². The maximum atomic E-state index is 12.7. The minimum Gasteiger partial charge on any atom is -0.482 e. The van der Waals surface area contributed by atoms with E-state index >= 15 is 0 Å². The SMILES string of the molecule is O=C(N=C1SCC(=O)N1c1cc(Cl)ccc1OCC(F)(F)F)Nc1ccc(CNC(=O)c2ccc(OC(F)(F)F)cc2)cc1. The van der Waals surface area contributed by atoms with Crippen molar-refractivity contribution in [1.82, 2.24) is 5.32 Å². The maximum Gasteiger partial charge on any atom is 0.573 e. The number of rotatable bonds is 8. The summed E-state index contributed by atoms with van der Waals surface area (Å²) in [4.78, 5) is 42.4. The van der Waals surface area contributed by atoms with Gasteiger partial charge in [-0.15, -0.1) is 13.2 Å². The Balaban J connectivity index is 1.37. The van der Waals surface area contributed by atoms with E-state index in [-0.39, 0.29) is 39.5 Å². The molecule has 3 aromatic rings. The number of nitrogens with zero attached hydrogens (tertiary/aromatic N) is 2. The highest BCUT2D eigenvalue weighted by Gasteiger charge is 2.35. The van der Waals surface area contributed by atoms with E-state index in [1.807, 2.05) is 0 Å².